The predicted octanol–water partition coefficient (Wildman–Crippen LogP) is 1.55. The van der Waals surface area contributed by atoms with E-state index in [0.717, 1.165) is 0 Å². The van der Waals surface area contributed by atoms with Crippen LogP contribution in [0.15, 0.2) is 0 Å². The molecule has 0 aromatic rings. The first-order chi connectivity index (χ1) is 1.00. The third-order valence-electron chi connectivity index (χ3n) is 0. The van der Waals surface area contributed by atoms with Gasteiger partial charge in [0.2, 0.25) is 0 Å². The zero-order valence-corrected chi connectivity index (χ0v) is 15.9. The fourth-order valence-corrected chi connectivity index (χ4v) is 0. The Bertz CT molecular complexity index is 9.65. The molecule has 7 heavy (non-hydrogen) atoms. The minimum absolute atomic E-state index is 0. The van der Waals surface area contributed by atoms with Crippen LogP contribution >= 0.6 is 0 Å². The molecule has 0 spiro atoms. The molecule has 0 bridgehead atoms. The molecule has 1 nitrogen and oxygen atoms in total. The summed E-state index contributed by atoms with van der Waals surface area (Å²) in [4.78, 5) is 0. The Balaban J connectivity index is -0.000000000500. The van der Waals surface area contributed by atoms with Gasteiger partial charge in [-0.3, -0.25) is 0 Å². The fraction of sp³-hybridized carbons (Fsp3) is 0.500. The molecule has 0 aliphatic carbocycles. The van der Waals surface area contributed by atoms with E-state index >= 15 is 0 Å². The van der Waals surface area contributed by atoms with E-state index in [1.165, 1.54) is 0 Å². The Morgan fingerprint density at radius 2 is 0.714 bits per heavy atom. The summed E-state index contributed by atoms with van der Waals surface area (Å²) in [6.07, 6.45) is 0. The van der Waals surface area contributed by atoms with Crippen molar-refractivity contribution in [2.24, 2.45) is 0 Å². The first-order valence-corrected chi connectivity index (χ1v) is 0.707. The molecule has 4 radical (unpaired) electrons. The van der Waals surface area contributed by atoms with Crippen LogP contribution in [0.25, 0.3) is 6.15 Å². The molecule has 0 saturated heterocycles. The van der Waals surface area contributed by atoms with Crippen molar-refractivity contribution >= 4 is 0 Å². The molecule has 34 valence electrons. The Hall–Kier alpha value is 4.38. The van der Waals surface area contributed by atoms with Gasteiger partial charge in [0, 0.05) is 131 Å². The Labute approximate surface area is 147 Å². The van der Waals surface area contributed by atoms with Crippen molar-refractivity contribution in [1.82, 2.24) is 0 Å². The van der Waals surface area contributed by atoms with Gasteiger partial charge in [-0.25, -0.2) is 0 Å². The minimum atomic E-state index is 0. The number of hydrogen-bond donors (Lipinski definition) is 0. The molecular formula is C2H7NY4-2. The van der Waals surface area contributed by atoms with E-state index in [1.807, 2.05) is 0 Å². The first kappa shape index (κ1) is 42.4. The predicted molar refractivity (Wildman–Crippen MR) is 16.3 cm³/mol. The summed E-state index contributed by atoms with van der Waals surface area (Å²) in [6.45, 7) is 5.00. The monoisotopic (exact) mass is 401 g/mol. The molecule has 0 unspecified atom stereocenters. The van der Waals surface area contributed by atoms with E-state index in [9.17, 15) is 0 Å². The quantitative estimate of drug-likeness (QED) is 0.553. The third-order valence-corrected chi connectivity index (χ3v) is 0. The van der Waals surface area contributed by atoms with E-state index in [4.69, 9.17) is 0 Å². The Morgan fingerprint density at radius 1 is 0.714 bits per heavy atom. The second kappa shape index (κ2) is 47.6. The van der Waals surface area contributed by atoms with Crippen molar-refractivity contribution in [1.29, 1.82) is 0 Å². The molecule has 0 aromatic heterocycles. The maximum absolute atomic E-state index is 3.25. The molecule has 0 heterocycles. The van der Waals surface area contributed by atoms with Gasteiger partial charge >= 0.3 is 0 Å². The summed E-state index contributed by atoms with van der Waals surface area (Å²) in [5.74, 6) is 0. The summed E-state index contributed by atoms with van der Waals surface area (Å²) in [5.41, 5.74) is 0. The van der Waals surface area contributed by atoms with E-state index < -0.39 is 0 Å². The summed E-state index contributed by atoms with van der Waals surface area (Å²) < 4.78 is 0. The summed E-state index contributed by atoms with van der Waals surface area (Å²) in [5, 5.41) is 0. The Kier molecular flexibility index (Phi) is 288. The summed E-state index contributed by atoms with van der Waals surface area (Å²) >= 11 is 0. The molecule has 0 saturated carbocycles. The molecule has 0 aliphatic heterocycles. The van der Waals surface area contributed by atoms with Crippen LogP contribution in [-0.4, -0.2) is 0 Å². The first-order valence-electron chi connectivity index (χ1n) is 0.707. The standard InChI is InChI=1S/C2H5.H2N.4Y/c1-2;;;;;/h1H2,2H3;1H2;;;;/q2*-1;;;;. The van der Waals surface area contributed by atoms with Gasteiger partial charge in [-0.15, -0.1) is 0 Å². The number of nitrogens with two attached hydrogens (primary N) is 1. The Morgan fingerprint density at radius 3 is 0.714 bits per heavy atom. The van der Waals surface area contributed by atoms with Crippen molar-refractivity contribution in [2.75, 3.05) is 0 Å². The average molecular weight is 401 g/mol. The second-order valence-corrected chi connectivity index (χ2v) is 0. The summed E-state index contributed by atoms with van der Waals surface area (Å²) in [7, 11) is 0. The molecule has 0 atom stereocenters. The van der Waals surface area contributed by atoms with Gasteiger partial charge < -0.3 is 13.1 Å². The largest absolute Gasteiger partial charge is 0.693 e. The van der Waals surface area contributed by atoms with E-state index in [-0.39, 0.29) is 137 Å². The van der Waals surface area contributed by atoms with Crippen LogP contribution in [0, 0.1) is 6.92 Å². The van der Waals surface area contributed by atoms with E-state index in [1.54, 1.807) is 6.92 Å². The van der Waals surface area contributed by atoms with Gasteiger partial charge in [-0.05, 0) is 0 Å². The van der Waals surface area contributed by atoms with Crippen molar-refractivity contribution in [3.63, 3.8) is 0 Å². The molecule has 0 aliphatic rings. The zero-order chi connectivity index (χ0) is 2.00. The third kappa shape index (κ3) is 38.0. The average Bonchev–Trinajstić information content (AvgIpc) is 1.00. The molecular weight excluding hydrogens is 394 g/mol. The molecule has 2 N–H and O–H groups in total. The van der Waals surface area contributed by atoms with Gasteiger partial charge in [0.1, 0.15) is 0 Å². The SMILES string of the molecule is [CH2-]C.[NH2-].[Y].[Y].[Y].[Y]. The van der Waals surface area contributed by atoms with Gasteiger partial charge in [0.25, 0.3) is 0 Å². The van der Waals surface area contributed by atoms with Crippen molar-refractivity contribution in [3.8, 4) is 0 Å². The number of rotatable bonds is 0. The topological polar surface area (TPSA) is 33.5 Å². The van der Waals surface area contributed by atoms with Crippen molar-refractivity contribution in [2.45, 2.75) is 6.92 Å². The summed E-state index contributed by atoms with van der Waals surface area (Å²) in [6, 6.07) is 0. The van der Waals surface area contributed by atoms with Crippen molar-refractivity contribution in [3.05, 3.63) is 13.1 Å². The van der Waals surface area contributed by atoms with Gasteiger partial charge in [0.05, 0.1) is 0 Å². The molecule has 0 amide bonds. The zero-order valence-electron chi connectivity index (χ0n) is 4.59. The molecule has 0 fully saturated rings. The maximum atomic E-state index is 3.25. The van der Waals surface area contributed by atoms with E-state index in [2.05, 4.69) is 6.92 Å². The fourth-order valence-electron chi connectivity index (χ4n) is 0. The van der Waals surface area contributed by atoms with E-state index in [0.29, 0.717) is 0 Å². The normalized spacial score (nSPS) is 0.857. The molecule has 0 rings (SSSR count). The molecule has 5 heteroatoms. The van der Waals surface area contributed by atoms with Crippen LogP contribution in [0.5, 0.6) is 0 Å². The van der Waals surface area contributed by atoms with Crippen LogP contribution in [0.4, 0.5) is 0 Å². The van der Waals surface area contributed by atoms with Gasteiger partial charge in [-0.2, -0.15) is 6.92 Å². The van der Waals surface area contributed by atoms with Gasteiger partial charge in [-0.1, -0.05) is 0 Å². The van der Waals surface area contributed by atoms with Crippen molar-refractivity contribution < 1.29 is 131 Å². The minimum Gasteiger partial charge on any atom is -0.693 e. The van der Waals surface area contributed by atoms with Crippen LogP contribution in [0.3, 0.4) is 0 Å². The molecule has 0 aromatic carbocycles. The van der Waals surface area contributed by atoms with Crippen LogP contribution in [-0.2, 0) is 131 Å². The second-order valence-electron chi connectivity index (χ2n) is 0. The van der Waals surface area contributed by atoms with Crippen LogP contribution in [0.1, 0.15) is 6.92 Å². The van der Waals surface area contributed by atoms with Crippen LogP contribution in [0.2, 0.25) is 0 Å². The maximum Gasteiger partial charge on any atom is 0 e. The smallest absolute Gasteiger partial charge is 0 e. The van der Waals surface area contributed by atoms with Crippen LogP contribution < -0.4 is 0 Å². The number of hydrogen-bond acceptors (Lipinski definition) is 0. The van der Waals surface area contributed by atoms with Gasteiger partial charge in [0.15, 0.2) is 0 Å².